The molecule has 0 atom stereocenters. The standard InChI is InChI=1S/C18H16N2O5S/c1-10-2-5-16(19)15(6-10)18(22)20-12-7-11-8-13(26(23,24)25)3-4-14(11)17(21)9-12/h2-9,21H,19H2,1H3,(H,20,22)(H,23,24,25). The van der Waals surface area contributed by atoms with Crippen molar-refractivity contribution >= 4 is 38.2 Å². The fourth-order valence-electron chi connectivity index (χ4n) is 2.63. The molecule has 0 saturated carbocycles. The first-order valence-corrected chi connectivity index (χ1v) is 9.01. The summed E-state index contributed by atoms with van der Waals surface area (Å²) in [5, 5.41) is 13.5. The number of phenols is 1. The zero-order valence-corrected chi connectivity index (χ0v) is 14.5. The van der Waals surface area contributed by atoms with Crippen molar-refractivity contribution in [3.8, 4) is 5.75 Å². The predicted molar refractivity (Wildman–Crippen MR) is 99.0 cm³/mol. The first kappa shape index (κ1) is 17.7. The highest BCUT2D eigenvalue weighted by molar-refractivity contribution is 7.85. The first-order chi connectivity index (χ1) is 12.1. The summed E-state index contributed by atoms with van der Waals surface area (Å²) >= 11 is 0. The quantitative estimate of drug-likeness (QED) is 0.413. The number of phenolic OH excluding ortho intramolecular Hbond substituents is 1. The molecule has 0 fully saturated rings. The zero-order valence-electron chi connectivity index (χ0n) is 13.7. The highest BCUT2D eigenvalue weighted by Crippen LogP contribution is 2.31. The fraction of sp³-hybridized carbons (Fsp3) is 0.0556. The Morgan fingerprint density at radius 3 is 2.50 bits per heavy atom. The molecule has 0 aromatic heterocycles. The minimum Gasteiger partial charge on any atom is -0.507 e. The van der Waals surface area contributed by atoms with Crippen LogP contribution in [-0.2, 0) is 10.1 Å². The van der Waals surface area contributed by atoms with Gasteiger partial charge in [-0.3, -0.25) is 9.35 Å². The summed E-state index contributed by atoms with van der Waals surface area (Å²) in [5.74, 6) is -0.604. The second kappa shape index (κ2) is 6.32. The molecule has 7 nitrogen and oxygen atoms in total. The molecule has 0 bridgehead atoms. The smallest absolute Gasteiger partial charge is 0.294 e. The summed E-state index contributed by atoms with van der Waals surface area (Å²) < 4.78 is 31.7. The molecule has 3 aromatic rings. The molecule has 26 heavy (non-hydrogen) atoms. The number of hydrogen-bond acceptors (Lipinski definition) is 5. The van der Waals surface area contributed by atoms with E-state index in [2.05, 4.69) is 5.32 Å². The molecule has 0 heterocycles. The van der Waals surface area contributed by atoms with E-state index in [0.717, 1.165) is 5.56 Å². The molecule has 0 aliphatic carbocycles. The van der Waals surface area contributed by atoms with Crippen LogP contribution in [0.25, 0.3) is 10.8 Å². The third-order valence-electron chi connectivity index (χ3n) is 3.91. The number of carbonyl (C=O) groups is 1. The number of benzene rings is 3. The molecule has 5 N–H and O–H groups in total. The van der Waals surface area contributed by atoms with Gasteiger partial charge in [0.05, 0.1) is 10.5 Å². The molecule has 3 aromatic carbocycles. The van der Waals surface area contributed by atoms with Crippen LogP contribution in [0.2, 0.25) is 0 Å². The number of hydrogen-bond donors (Lipinski definition) is 4. The number of amides is 1. The monoisotopic (exact) mass is 372 g/mol. The van der Waals surface area contributed by atoms with E-state index in [0.29, 0.717) is 16.5 Å². The van der Waals surface area contributed by atoms with Crippen LogP contribution in [0.4, 0.5) is 11.4 Å². The minimum absolute atomic E-state index is 0.142. The van der Waals surface area contributed by atoms with E-state index in [1.807, 2.05) is 6.92 Å². The van der Waals surface area contributed by atoms with Gasteiger partial charge in [-0.2, -0.15) is 8.42 Å². The predicted octanol–water partition coefficient (Wildman–Crippen LogP) is 2.94. The van der Waals surface area contributed by atoms with E-state index in [-0.39, 0.29) is 21.9 Å². The third-order valence-corrected chi connectivity index (χ3v) is 4.76. The molecule has 0 saturated heterocycles. The lowest BCUT2D eigenvalue weighted by Gasteiger charge is -2.11. The van der Waals surface area contributed by atoms with Crippen LogP contribution in [0.3, 0.4) is 0 Å². The van der Waals surface area contributed by atoms with Gasteiger partial charge in [0.2, 0.25) is 0 Å². The van der Waals surface area contributed by atoms with Crippen LogP contribution in [0.5, 0.6) is 5.75 Å². The SMILES string of the molecule is Cc1ccc(N)c(C(=O)Nc2cc(O)c3ccc(S(=O)(=O)O)cc3c2)c1. The summed E-state index contributed by atoms with van der Waals surface area (Å²) in [7, 11) is -4.38. The lowest BCUT2D eigenvalue weighted by molar-refractivity contribution is 0.102. The molecule has 0 radical (unpaired) electrons. The van der Waals surface area contributed by atoms with Gasteiger partial charge in [0.1, 0.15) is 5.75 Å². The first-order valence-electron chi connectivity index (χ1n) is 7.57. The number of rotatable bonds is 3. The van der Waals surface area contributed by atoms with Gasteiger partial charge in [0.25, 0.3) is 16.0 Å². The number of carbonyl (C=O) groups excluding carboxylic acids is 1. The second-order valence-corrected chi connectivity index (χ2v) is 7.32. The Morgan fingerprint density at radius 2 is 1.81 bits per heavy atom. The summed E-state index contributed by atoms with van der Waals surface area (Å²) in [4.78, 5) is 12.1. The Labute approximate surface area is 149 Å². The maximum Gasteiger partial charge on any atom is 0.294 e. The van der Waals surface area contributed by atoms with E-state index in [1.54, 1.807) is 18.2 Å². The van der Waals surface area contributed by atoms with Crippen LogP contribution in [0.15, 0.2) is 53.4 Å². The van der Waals surface area contributed by atoms with Crippen LogP contribution >= 0.6 is 0 Å². The average molecular weight is 372 g/mol. The second-order valence-electron chi connectivity index (χ2n) is 5.90. The molecule has 1 amide bonds. The van der Waals surface area contributed by atoms with Gasteiger partial charge < -0.3 is 16.2 Å². The van der Waals surface area contributed by atoms with Gasteiger partial charge in [-0.05, 0) is 48.7 Å². The van der Waals surface area contributed by atoms with Crippen LogP contribution in [0.1, 0.15) is 15.9 Å². The highest BCUT2D eigenvalue weighted by atomic mass is 32.2. The topological polar surface area (TPSA) is 130 Å². The maximum atomic E-state index is 12.5. The Balaban J connectivity index is 2.02. The summed E-state index contributed by atoms with van der Waals surface area (Å²) in [6, 6.07) is 11.7. The lowest BCUT2D eigenvalue weighted by Crippen LogP contribution is -2.14. The highest BCUT2D eigenvalue weighted by Gasteiger charge is 2.14. The number of nitrogens with one attached hydrogen (secondary N) is 1. The molecule has 0 aliphatic heterocycles. The van der Waals surface area contributed by atoms with Crippen molar-refractivity contribution in [2.24, 2.45) is 0 Å². The molecular formula is C18H16N2O5S. The fourth-order valence-corrected chi connectivity index (χ4v) is 3.14. The minimum atomic E-state index is -4.38. The van der Waals surface area contributed by atoms with E-state index in [9.17, 15) is 18.3 Å². The number of nitrogens with two attached hydrogens (primary N) is 1. The molecule has 3 rings (SSSR count). The number of aryl methyl sites for hydroxylation is 1. The van der Waals surface area contributed by atoms with Gasteiger partial charge >= 0.3 is 0 Å². The van der Waals surface area contributed by atoms with Crippen molar-refractivity contribution in [3.63, 3.8) is 0 Å². The normalized spacial score (nSPS) is 11.5. The molecular weight excluding hydrogens is 356 g/mol. The molecule has 8 heteroatoms. The van der Waals surface area contributed by atoms with Gasteiger partial charge in [0, 0.05) is 22.8 Å². The third kappa shape index (κ3) is 3.46. The molecule has 0 aliphatic rings. The van der Waals surface area contributed by atoms with Crippen molar-refractivity contribution in [1.82, 2.24) is 0 Å². The van der Waals surface area contributed by atoms with Crippen LogP contribution < -0.4 is 11.1 Å². The number of fused-ring (bicyclic) bond motifs is 1. The summed E-state index contributed by atoms with van der Waals surface area (Å²) in [5.41, 5.74) is 7.55. The lowest BCUT2D eigenvalue weighted by atomic mass is 10.1. The largest absolute Gasteiger partial charge is 0.507 e. The Morgan fingerprint density at radius 1 is 1.08 bits per heavy atom. The van der Waals surface area contributed by atoms with E-state index < -0.39 is 16.0 Å². The van der Waals surface area contributed by atoms with Crippen molar-refractivity contribution in [2.45, 2.75) is 11.8 Å². The van der Waals surface area contributed by atoms with Gasteiger partial charge in [-0.1, -0.05) is 11.6 Å². The van der Waals surface area contributed by atoms with Gasteiger partial charge in [-0.25, -0.2) is 0 Å². The van der Waals surface area contributed by atoms with Gasteiger partial charge in [0.15, 0.2) is 0 Å². The Kier molecular flexibility index (Phi) is 4.31. The zero-order chi connectivity index (χ0) is 19.1. The summed E-state index contributed by atoms with van der Waals surface area (Å²) in [6.07, 6.45) is 0. The van der Waals surface area contributed by atoms with Crippen molar-refractivity contribution in [1.29, 1.82) is 0 Å². The Hall–Kier alpha value is -3.10. The number of anilines is 2. The van der Waals surface area contributed by atoms with Crippen LogP contribution in [0, 0.1) is 6.92 Å². The van der Waals surface area contributed by atoms with Crippen molar-refractivity contribution in [2.75, 3.05) is 11.1 Å². The molecule has 0 spiro atoms. The van der Waals surface area contributed by atoms with E-state index in [1.165, 1.54) is 30.3 Å². The average Bonchev–Trinajstić information content (AvgIpc) is 2.55. The number of aromatic hydroxyl groups is 1. The van der Waals surface area contributed by atoms with Crippen molar-refractivity contribution < 1.29 is 22.9 Å². The van der Waals surface area contributed by atoms with E-state index >= 15 is 0 Å². The Bertz CT molecular complexity index is 1140. The number of nitrogen functional groups attached to an aromatic ring is 1. The maximum absolute atomic E-state index is 12.5. The van der Waals surface area contributed by atoms with E-state index in [4.69, 9.17) is 10.3 Å². The molecule has 0 unspecified atom stereocenters. The summed E-state index contributed by atoms with van der Waals surface area (Å²) in [6.45, 7) is 1.83. The van der Waals surface area contributed by atoms with Crippen LogP contribution in [-0.4, -0.2) is 24.0 Å². The molecule has 134 valence electrons. The van der Waals surface area contributed by atoms with Gasteiger partial charge in [-0.15, -0.1) is 0 Å². The van der Waals surface area contributed by atoms with Crippen molar-refractivity contribution in [3.05, 3.63) is 59.7 Å².